The van der Waals surface area contributed by atoms with Gasteiger partial charge < -0.3 is 5.32 Å². The molecule has 0 radical (unpaired) electrons. The Hall–Kier alpha value is -2.75. The van der Waals surface area contributed by atoms with Crippen LogP contribution in [0.25, 0.3) is 10.9 Å². The van der Waals surface area contributed by atoms with Crippen LogP contribution in [0.5, 0.6) is 0 Å². The molecule has 0 atom stereocenters. The Balaban J connectivity index is 1.63. The summed E-state index contributed by atoms with van der Waals surface area (Å²) in [4.78, 5) is 20.5. The van der Waals surface area contributed by atoms with E-state index in [4.69, 9.17) is 0 Å². The van der Waals surface area contributed by atoms with E-state index < -0.39 is 0 Å². The minimum Gasteiger partial charge on any atom is -0.325 e. The van der Waals surface area contributed by atoms with Crippen molar-refractivity contribution in [1.29, 1.82) is 0 Å². The monoisotopic (exact) mass is 277 g/mol. The highest BCUT2D eigenvalue weighted by Crippen LogP contribution is 2.16. The number of carbonyl (C=O) groups excluding carboxylic acids is 1. The normalized spacial score (nSPS) is 10.5. The Kier molecular flexibility index (Phi) is 3.87. The highest BCUT2D eigenvalue weighted by molar-refractivity contribution is 5.93. The van der Waals surface area contributed by atoms with E-state index in [-0.39, 0.29) is 5.91 Å². The zero-order chi connectivity index (χ0) is 14.5. The summed E-state index contributed by atoms with van der Waals surface area (Å²) in [5.74, 6) is -0.0299. The topological polar surface area (TPSA) is 54.9 Å². The van der Waals surface area contributed by atoms with Crippen molar-refractivity contribution in [3.8, 4) is 0 Å². The van der Waals surface area contributed by atoms with E-state index in [9.17, 15) is 4.79 Å². The van der Waals surface area contributed by atoms with Crippen molar-refractivity contribution in [2.45, 2.75) is 12.8 Å². The maximum absolute atomic E-state index is 12.0. The standard InChI is InChI=1S/C17H15N3O/c21-17(9-8-14-6-3-4-10-18-14)20-15-11-13-5-1-2-7-16(13)19-12-15/h1-7,10-12H,8-9H2,(H,20,21). The first kappa shape index (κ1) is 13.2. The molecular formula is C17H15N3O. The lowest BCUT2D eigenvalue weighted by Crippen LogP contribution is -2.12. The van der Waals surface area contributed by atoms with Crippen LogP contribution in [-0.4, -0.2) is 15.9 Å². The van der Waals surface area contributed by atoms with Gasteiger partial charge in [-0.3, -0.25) is 14.8 Å². The number of nitrogens with one attached hydrogen (secondary N) is 1. The Morgan fingerprint density at radius 2 is 1.90 bits per heavy atom. The van der Waals surface area contributed by atoms with Gasteiger partial charge in [-0.25, -0.2) is 0 Å². The number of anilines is 1. The van der Waals surface area contributed by atoms with Crippen LogP contribution in [0.2, 0.25) is 0 Å². The smallest absolute Gasteiger partial charge is 0.224 e. The Morgan fingerprint density at radius 1 is 1.05 bits per heavy atom. The van der Waals surface area contributed by atoms with Crippen LogP contribution in [0.3, 0.4) is 0 Å². The molecule has 0 aliphatic heterocycles. The molecule has 4 heteroatoms. The molecule has 0 unspecified atom stereocenters. The third-order valence-electron chi connectivity index (χ3n) is 3.21. The van der Waals surface area contributed by atoms with Gasteiger partial charge in [-0.15, -0.1) is 0 Å². The van der Waals surface area contributed by atoms with Gasteiger partial charge in [0.15, 0.2) is 0 Å². The van der Waals surface area contributed by atoms with Crippen LogP contribution >= 0.6 is 0 Å². The number of hydrogen-bond acceptors (Lipinski definition) is 3. The molecule has 1 N–H and O–H groups in total. The van der Waals surface area contributed by atoms with Crippen molar-refractivity contribution in [2.24, 2.45) is 0 Å². The van der Waals surface area contributed by atoms with Crippen LogP contribution in [0.15, 0.2) is 60.9 Å². The van der Waals surface area contributed by atoms with Gasteiger partial charge in [0, 0.05) is 23.7 Å². The molecule has 2 heterocycles. The number of aryl methyl sites for hydroxylation is 1. The summed E-state index contributed by atoms with van der Waals surface area (Å²) in [6.07, 6.45) is 4.46. The predicted molar refractivity (Wildman–Crippen MR) is 82.9 cm³/mol. The number of para-hydroxylation sites is 1. The molecule has 0 aliphatic carbocycles. The van der Waals surface area contributed by atoms with Crippen LogP contribution in [0.4, 0.5) is 5.69 Å². The van der Waals surface area contributed by atoms with Crippen molar-refractivity contribution < 1.29 is 4.79 Å². The van der Waals surface area contributed by atoms with E-state index >= 15 is 0 Å². The van der Waals surface area contributed by atoms with Crippen molar-refractivity contribution in [2.75, 3.05) is 5.32 Å². The maximum atomic E-state index is 12.0. The van der Waals surface area contributed by atoms with Crippen LogP contribution in [0, 0.1) is 0 Å². The molecule has 4 nitrogen and oxygen atoms in total. The average molecular weight is 277 g/mol. The van der Waals surface area contributed by atoms with Gasteiger partial charge in [-0.2, -0.15) is 0 Å². The second kappa shape index (κ2) is 6.13. The predicted octanol–water partition coefficient (Wildman–Crippen LogP) is 3.20. The van der Waals surface area contributed by atoms with E-state index in [1.807, 2.05) is 48.5 Å². The molecule has 0 bridgehead atoms. The summed E-state index contributed by atoms with van der Waals surface area (Å²) in [6.45, 7) is 0. The summed E-state index contributed by atoms with van der Waals surface area (Å²) < 4.78 is 0. The van der Waals surface area contributed by atoms with Crippen LogP contribution < -0.4 is 5.32 Å². The van der Waals surface area contributed by atoms with Gasteiger partial charge in [0.25, 0.3) is 0 Å². The first-order valence-corrected chi connectivity index (χ1v) is 6.86. The Labute approximate surface area is 122 Å². The van der Waals surface area contributed by atoms with Gasteiger partial charge in [0.1, 0.15) is 0 Å². The fourth-order valence-electron chi connectivity index (χ4n) is 2.15. The first-order valence-electron chi connectivity index (χ1n) is 6.86. The second-order valence-corrected chi connectivity index (χ2v) is 4.79. The summed E-state index contributed by atoms with van der Waals surface area (Å²) >= 11 is 0. The molecule has 3 rings (SSSR count). The summed E-state index contributed by atoms with van der Waals surface area (Å²) in [5, 5.41) is 3.89. The Bertz CT molecular complexity index is 756. The molecule has 0 spiro atoms. The van der Waals surface area contributed by atoms with Crippen molar-refractivity contribution in [3.63, 3.8) is 0 Å². The molecule has 0 saturated carbocycles. The molecule has 104 valence electrons. The van der Waals surface area contributed by atoms with Crippen molar-refractivity contribution in [3.05, 3.63) is 66.6 Å². The highest BCUT2D eigenvalue weighted by Gasteiger charge is 2.05. The first-order chi connectivity index (χ1) is 10.3. The highest BCUT2D eigenvalue weighted by atomic mass is 16.1. The third kappa shape index (κ3) is 3.42. The van der Waals surface area contributed by atoms with Gasteiger partial charge in [-0.1, -0.05) is 24.3 Å². The average Bonchev–Trinajstić information content (AvgIpc) is 2.54. The number of nitrogens with zero attached hydrogens (tertiary/aromatic N) is 2. The number of aromatic nitrogens is 2. The van der Waals surface area contributed by atoms with Crippen LogP contribution in [-0.2, 0) is 11.2 Å². The van der Waals surface area contributed by atoms with E-state index in [1.54, 1.807) is 12.4 Å². The Morgan fingerprint density at radius 3 is 2.76 bits per heavy atom. The van der Waals surface area contributed by atoms with E-state index in [1.165, 1.54) is 0 Å². The fourth-order valence-corrected chi connectivity index (χ4v) is 2.15. The van der Waals surface area contributed by atoms with E-state index in [2.05, 4.69) is 15.3 Å². The lowest BCUT2D eigenvalue weighted by molar-refractivity contribution is -0.116. The zero-order valence-electron chi connectivity index (χ0n) is 11.5. The van der Waals surface area contributed by atoms with E-state index in [0.717, 1.165) is 22.3 Å². The number of rotatable bonds is 4. The lowest BCUT2D eigenvalue weighted by atomic mass is 10.2. The largest absolute Gasteiger partial charge is 0.325 e. The summed E-state index contributed by atoms with van der Waals surface area (Å²) in [7, 11) is 0. The molecule has 0 aliphatic rings. The summed E-state index contributed by atoms with van der Waals surface area (Å²) in [6, 6.07) is 15.5. The molecule has 2 aromatic heterocycles. The zero-order valence-corrected chi connectivity index (χ0v) is 11.5. The third-order valence-corrected chi connectivity index (χ3v) is 3.21. The SMILES string of the molecule is O=C(CCc1ccccn1)Nc1cnc2ccccc2c1. The van der Waals surface area contributed by atoms with Gasteiger partial charge >= 0.3 is 0 Å². The molecule has 0 fully saturated rings. The lowest BCUT2D eigenvalue weighted by Gasteiger charge is -2.06. The number of pyridine rings is 2. The van der Waals surface area contributed by atoms with Gasteiger partial charge in [-0.05, 0) is 30.7 Å². The molecule has 0 saturated heterocycles. The van der Waals surface area contributed by atoms with Gasteiger partial charge in [0.05, 0.1) is 17.4 Å². The van der Waals surface area contributed by atoms with Gasteiger partial charge in [0.2, 0.25) is 5.91 Å². The quantitative estimate of drug-likeness (QED) is 0.796. The van der Waals surface area contributed by atoms with Crippen LogP contribution in [0.1, 0.15) is 12.1 Å². The number of fused-ring (bicyclic) bond motifs is 1. The van der Waals surface area contributed by atoms with Crippen molar-refractivity contribution >= 4 is 22.5 Å². The fraction of sp³-hybridized carbons (Fsp3) is 0.118. The summed E-state index contributed by atoms with van der Waals surface area (Å²) in [5.41, 5.74) is 2.56. The van der Waals surface area contributed by atoms with E-state index in [0.29, 0.717) is 12.8 Å². The van der Waals surface area contributed by atoms with Crippen molar-refractivity contribution in [1.82, 2.24) is 9.97 Å². The number of amides is 1. The molecule has 1 amide bonds. The molecular weight excluding hydrogens is 262 g/mol. The number of carbonyl (C=O) groups is 1. The molecule has 21 heavy (non-hydrogen) atoms. The number of hydrogen-bond donors (Lipinski definition) is 1. The maximum Gasteiger partial charge on any atom is 0.224 e. The minimum absolute atomic E-state index is 0.0299. The molecule has 1 aromatic carbocycles. The second-order valence-electron chi connectivity index (χ2n) is 4.79. The molecule has 3 aromatic rings. The number of benzene rings is 1. The minimum atomic E-state index is -0.0299.